The molecule has 4 nitrogen and oxygen atoms in total. The summed E-state index contributed by atoms with van der Waals surface area (Å²) in [6.07, 6.45) is 2.02. The van der Waals surface area contributed by atoms with Crippen LogP contribution in [0.15, 0.2) is 40.1 Å². The van der Waals surface area contributed by atoms with Crippen molar-refractivity contribution in [2.75, 3.05) is 0 Å². The molecule has 17 heavy (non-hydrogen) atoms. The van der Waals surface area contributed by atoms with Crippen LogP contribution < -0.4 is 11.2 Å². The summed E-state index contributed by atoms with van der Waals surface area (Å²) in [7, 11) is 0. The number of aromatic amines is 1. The molecule has 88 valence electrons. The Balaban J connectivity index is 2.75. The Bertz CT molecular complexity index is 658. The van der Waals surface area contributed by atoms with Crippen LogP contribution in [0.1, 0.15) is 12.5 Å². The fraction of sp³-hybridized carbons (Fsp3) is 0.167. The van der Waals surface area contributed by atoms with Gasteiger partial charge < -0.3 is 4.98 Å². The summed E-state index contributed by atoms with van der Waals surface area (Å²) in [6, 6.07) is 6.63. The van der Waals surface area contributed by atoms with Gasteiger partial charge in [-0.25, -0.2) is 9.36 Å². The molecule has 0 fully saturated rings. The second kappa shape index (κ2) is 4.59. The number of aromatic nitrogens is 2. The van der Waals surface area contributed by atoms with Crippen molar-refractivity contribution < 1.29 is 0 Å². The van der Waals surface area contributed by atoms with E-state index in [1.165, 1.54) is 6.20 Å². The highest BCUT2D eigenvalue weighted by Gasteiger charge is 2.08. The largest absolute Gasteiger partial charge is 0.333 e. The Morgan fingerprint density at radius 2 is 2.12 bits per heavy atom. The second-order valence-corrected chi connectivity index (χ2v) is 4.03. The molecule has 0 unspecified atom stereocenters. The summed E-state index contributed by atoms with van der Waals surface area (Å²) in [6.45, 7) is 1.86. The van der Waals surface area contributed by atoms with Gasteiger partial charge in [0.1, 0.15) is 0 Å². The first-order chi connectivity index (χ1) is 8.13. The SMILES string of the molecule is CCc1c[nH]c(=O)n(-c2cccc(Cl)c2)c1=O. The Hall–Kier alpha value is -1.81. The molecule has 1 aromatic carbocycles. The second-order valence-electron chi connectivity index (χ2n) is 3.59. The standard InChI is InChI=1S/C12H11ClN2O2/c1-2-8-7-14-12(17)15(11(8)16)10-5-3-4-9(13)6-10/h3-7H,2H2,1H3,(H,14,17). The van der Waals surface area contributed by atoms with Crippen molar-refractivity contribution >= 4 is 11.6 Å². The first-order valence-corrected chi connectivity index (χ1v) is 5.61. The normalized spacial score (nSPS) is 10.5. The van der Waals surface area contributed by atoms with Crippen LogP contribution in [0.5, 0.6) is 0 Å². The zero-order valence-corrected chi connectivity index (χ0v) is 9.99. The molecular formula is C12H11ClN2O2. The van der Waals surface area contributed by atoms with Crippen molar-refractivity contribution in [1.29, 1.82) is 0 Å². The summed E-state index contributed by atoms with van der Waals surface area (Å²) in [5, 5.41) is 0.482. The molecule has 2 rings (SSSR count). The van der Waals surface area contributed by atoms with Gasteiger partial charge in [-0.05, 0) is 24.6 Å². The van der Waals surface area contributed by atoms with Crippen LogP contribution in [-0.2, 0) is 6.42 Å². The minimum absolute atomic E-state index is 0.307. The predicted octanol–water partition coefficient (Wildman–Crippen LogP) is 1.74. The van der Waals surface area contributed by atoms with Crippen LogP contribution in [0.25, 0.3) is 5.69 Å². The van der Waals surface area contributed by atoms with E-state index in [2.05, 4.69) is 4.98 Å². The molecule has 0 saturated carbocycles. The third-order valence-corrected chi connectivity index (χ3v) is 2.73. The van der Waals surface area contributed by atoms with Crippen molar-refractivity contribution in [3.05, 3.63) is 61.9 Å². The monoisotopic (exact) mass is 250 g/mol. The minimum atomic E-state index is -0.463. The smallest absolute Gasteiger partial charge is 0.313 e. The lowest BCUT2D eigenvalue weighted by molar-refractivity contribution is 0.841. The molecule has 0 spiro atoms. The number of halogens is 1. The van der Waals surface area contributed by atoms with Crippen molar-refractivity contribution in [3.63, 3.8) is 0 Å². The number of nitrogens with one attached hydrogen (secondary N) is 1. The topological polar surface area (TPSA) is 54.9 Å². The maximum Gasteiger partial charge on any atom is 0.333 e. The fourth-order valence-corrected chi connectivity index (χ4v) is 1.80. The summed E-state index contributed by atoms with van der Waals surface area (Å²) < 4.78 is 1.09. The molecule has 0 aliphatic carbocycles. The fourth-order valence-electron chi connectivity index (χ4n) is 1.61. The number of hydrogen-bond acceptors (Lipinski definition) is 2. The number of rotatable bonds is 2. The van der Waals surface area contributed by atoms with E-state index < -0.39 is 5.69 Å². The number of H-pyrrole nitrogens is 1. The first-order valence-electron chi connectivity index (χ1n) is 5.23. The van der Waals surface area contributed by atoms with Crippen LogP contribution >= 0.6 is 11.6 Å². The molecule has 0 atom stereocenters. The van der Waals surface area contributed by atoms with Crippen molar-refractivity contribution in [2.45, 2.75) is 13.3 Å². The van der Waals surface area contributed by atoms with E-state index in [1.54, 1.807) is 24.3 Å². The van der Waals surface area contributed by atoms with Crippen LogP contribution in [0, 0.1) is 0 Å². The molecule has 1 N–H and O–H groups in total. The molecular weight excluding hydrogens is 240 g/mol. The van der Waals surface area contributed by atoms with Gasteiger partial charge >= 0.3 is 5.69 Å². The van der Waals surface area contributed by atoms with Gasteiger partial charge in [0.05, 0.1) is 5.69 Å². The number of nitrogens with zero attached hydrogens (tertiary/aromatic N) is 1. The van der Waals surface area contributed by atoms with Gasteiger partial charge in [-0.2, -0.15) is 0 Å². The van der Waals surface area contributed by atoms with Crippen LogP contribution in [0.3, 0.4) is 0 Å². The van der Waals surface area contributed by atoms with Gasteiger partial charge in [0.2, 0.25) is 0 Å². The maximum atomic E-state index is 12.0. The highest BCUT2D eigenvalue weighted by atomic mass is 35.5. The van der Waals surface area contributed by atoms with Gasteiger partial charge in [-0.15, -0.1) is 0 Å². The Morgan fingerprint density at radius 3 is 2.76 bits per heavy atom. The van der Waals surface area contributed by atoms with Gasteiger partial charge in [0.15, 0.2) is 0 Å². The highest BCUT2D eigenvalue weighted by molar-refractivity contribution is 6.30. The van der Waals surface area contributed by atoms with Gasteiger partial charge in [0.25, 0.3) is 5.56 Å². The highest BCUT2D eigenvalue weighted by Crippen LogP contribution is 2.11. The van der Waals surface area contributed by atoms with Crippen molar-refractivity contribution in [1.82, 2.24) is 9.55 Å². The van der Waals surface area contributed by atoms with Crippen LogP contribution in [0.2, 0.25) is 5.02 Å². The summed E-state index contributed by atoms with van der Waals surface area (Å²) in [4.78, 5) is 26.3. The van der Waals surface area contributed by atoms with E-state index >= 15 is 0 Å². The van der Waals surface area contributed by atoms with Crippen molar-refractivity contribution in [2.24, 2.45) is 0 Å². The molecule has 0 aliphatic heterocycles. The zero-order valence-electron chi connectivity index (χ0n) is 9.24. The predicted molar refractivity (Wildman–Crippen MR) is 67.0 cm³/mol. The van der Waals surface area contributed by atoms with E-state index in [-0.39, 0.29) is 5.56 Å². The van der Waals surface area contributed by atoms with E-state index in [1.807, 2.05) is 6.92 Å². The van der Waals surface area contributed by atoms with E-state index in [0.717, 1.165) is 4.57 Å². The maximum absolute atomic E-state index is 12.0. The quantitative estimate of drug-likeness (QED) is 0.883. The number of hydrogen-bond donors (Lipinski definition) is 1. The molecule has 0 amide bonds. The molecule has 0 bridgehead atoms. The molecule has 5 heteroatoms. The molecule has 1 aromatic heterocycles. The van der Waals surface area contributed by atoms with Crippen LogP contribution in [-0.4, -0.2) is 9.55 Å². The number of benzene rings is 1. The first kappa shape index (κ1) is 11.7. The molecule has 0 radical (unpaired) electrons. The number of aryl methyl sites for hydroxylation is 1. The Morgan fingerprint density at radius 1 is 1.35 bits per heavy atom. The van der Waals surface area contributed by atoms with Gasteiger partial charge in [-0.3, -0.25) is 4.79 Å². The molecule has 0 saturated heterocycles. The lowest BCUT2D eigenvalue weighted by Gasteiger charge is -2.06. The van der Waals surface area contributed by atoms with Crippen molar-refractivity contribution in [3.8, 4) is 5.69 Å². The summed E-state index contributed by atoms with van der Waals surface area (Å²) in [5.74, 6) is 0. The Labute approximate surface area is 102 Å². The Kier molecular flexibility index (Phi) is 3.15. The third-order valence-electron chi connectivity index (χ3n) is 2.50. The summed E-state index contributed by atoms with van der Waals surface area (Å²) >= 11 is 5.85. The van der Waals surface area contributed by atoms with E-state index in [0.29, 0.717) is 22.7 Å². The summed E-state index contributed by atoms with van der Waals surface area (Å²) in [5.41, 5.74) is 0.261. The molecule has 2 aromatic rings. The van der Waals surface area contributed by atoms with E-state index in [9.17, 15) is 9.59 Å². The van der Waals surface area contributed by atoms with Gasteiger partial charge in [0, 0.05) is 16.8 Å². The van der Waals surface area contributed by atoms with Gasteiger partial charge in [-0.1, -0.05) is 24.6 Å². The molecule has 0 aliphatic rings. The molecule has 1 heterocycles. The average Bonchev–Trinajstić information content (AvgIpc) is 2.29. The van der Waals surface area contributed by atoms with Crippen LogP contribution in [0.4, 0.5) is 0 Å². The lowest BCUT2D eigenvalue weighted by atomic mass is 10.2. The zero-order chi connectivity index (χ0) is 12.4. The average molecular weight is 251 g/mol. The van der Waals surface area contributed by atoms with E-state index in [4.69, 9.17) is 11.6 Å². The lowest BCUT2D eigenvalue weighted by Crippen LogP contribution is -2.35. The minimum Gasteiger partial charge on any atom is -0.313 e. The third kappa shape index (κ3) is 2.17.